The van der Waals surface area contributed by atoms with Gasteiger partial charge in [0.25, 0.3) is 5.56 Å². The van der Waals surface area contributed by atoms with Crippen LogP contribution in [0.3, 0.4) is 0 Å². The maximum Gasteiger partial charge on any atom is 0.258 e. The van der Waals surface area contributed by atoms with Gasteiger partial charge in [-0.2, -0.15) is 0 Å². The Bertz CT molecular complexity index is 922. The normalized spacial score (nSPS) is 12.6. The molecule has 0 fully saturated rings. The summed E-state index contributed by atoms with van der Waals surface area (Å²) in [7, 11) is 0. The molecule has 3 rings (SSSR count). The highest BCUT2D eigenvalue weighted by Crippen LogP contribution is 2.16. The molecule has 1 aromatic heterocycles. The Morgan fingerprint density at radius 3 is 2.60 bits per heavy atom. The molecule has 0 spiro atoms. The number of nitrogens with zero attached hydrogens (tertiary/aromatic N) is 2. The van der Waals surface area contributed by atoms with Crippen LogP contribution in [-0.4, -0.2) is 20.9 Å². The Kier molecular flexibility index (Phi) is 5.24. The lowest BCUT2D eigenvalue weighted by Crippen LogP contribution is -2.33. The summed E-state index contributed by atoms with van der Waals surface area (Å²) in [5, 5.41) is 0.579. The van der Waals surface area contributed by atoms with Crippen LogP contribution in [0.25, 0.3) is 10.9 Å². The number of para-hydroxylation sites is 1. The molecule has 0 radical (unpaired) electrons. The molecule has 2 aromatic carbocycles. The molecule has 1 N–H and O–H groups in total. The molecule has 0 saturated carbocycles. The lowest BCUT2D eigenvalue weighted by Gasteiger charge is -2.28. The Morgan fingerprint density at radius 1 is 1.12 bits per heavy atom. The first kappa shape index (κ1) is 17.3. The van der Waals surface area contributed by atoms with Crippen LogP contribution in [0.1, 0.15) is 31.7 Å². The second-order valence-electron chi connectivity index (χ2n) is 6.28. The van der Waals surface area contributed by atoms with Crippen LogP contribution in [0, 0.1) is 5.82 Å². The van der Waals surface area contributed by atoms with Gasteiger partial charge in [-0.15, -0.1) is 0 Å². The molecule has 3 aromatic rings. The Balaban J connectivity index is 1.90. The first-order valence-corrected chi connectivity index (χ1v) is 8.54. The third-order valence-electron chi connectivity index (χ3n) is 4.56. The number of rotatable bonds is 6. The van der Waals surface area contributed by atoms with Crippen molar-refractivity contribution in [3.05, 3.63) is 76.1 Å². The minimum absolute atomic E-state index is 0.143. The van der Waals surface area contributed by atoms with Crippen molar-refractivity contribution in [2.45, 2.75) is 39.4 Å². The summed E-state index contributed by atoms with van der Waals surface area (Å²) in [5.41, 5.74) is 1.18. The van der Waals surface area contributed by atoms with E-state index in [4.69, 9.17) is 0 Å². The lowest BCUT2D eigenvalue weighted by atomic mass is 10.1. The van der Waals surface area contributed by atoms with Gasteiger partial charge in [0.05, 0.1) is 17.4 Å². The number of nitrogens with one attached hydrogen (secondary N) is 1. The number of halogens is 1. The van der Waals surface area contributed by atoms with Gasteiger partial charge in [-0.3, -0.25) is 9.69 Å². The van der Waals surface area contributed by atoms with Crippen LogP contribution in [0.4, 0.5) is 4.39 Å². The molecule has 0 aliphatic rings. The van der Waals surface area contributed by atoms with Gasteiger partial charge in [0, 0.05) is 18.2 Å². The van der Waals surface area contributed by atoms with Crippen molar-refractivity contribution >= 4 is 10.9 Å². The van der Waals surface area contributed by atoms with Gasteiger partial charge in [-0.25, -0.2) is 9.37 Å². The molecular formula is C20H22FN3O. The first-order chi connectivity index (χ1) is 12.1. The zero-order chi connectivity index (χ0) is 17.8. The number of hydrogen-bond acceptors (Lipinski definition) is 3. The van der Waals surface area contributed by atoms with Crippen molar-refractivity contribution in [2.75, 3.05) is 0 Å². The van der Waals surface area contributed by atoms with Gasteiger partial charge in [0.15, 0.2) is 0 Å². The number of H-pyrrole nitrogens is 1. The molecule has 1 heterocycles. The second kappa shape index (κ2) is 7.57. The smallest absolute Gasteiger partial charge is 0.258 e. The highest BCUT2D eigenvalue weighted by molar-refractivity contribution is 5.77. The minimum atomic E-state index is -0.212. The summed E-state index contributed by atoms with van der Waals surface area (Å²) in [6.07, 6.45) is 0.923. The fraction of sp³-hybridized carbons (Fsp3) is 0.300. The molecule has 25 heavy (non-hydrogen) atoms. The molecule has 0 aliphatic heterocycles. The van der Waals surface area contributed by atoms with Gasteiger partial charge < -0.3 is 4.98 Å². The SMILES string of the molecule is CCC(C)N(Cc1nc2ccccc2c(=O)[nH]1)Cc1ccccc1F. The Labute approximate surface area is 146 Å². The monoisotopic (exact) mass is 339 g/mol. The summed E-state index contributed by atoms with van der Waals surface area (Å²) >= 11 is 0. The average molecular weight is 339 g/mol. The summed E-state index contributed by atoms with van der Waals surface area (Å²) in [4.78, 5) is 21.8. The molecule has 0 aliphatic carbocycles. The van der Waals surface area contributed by atoms with Gasteiger partial charge in [0.1, 0.15) is 11.6 Å². The van der Waals surface area contributed by atoms with E-state index >= 15 is 0 Å². The molecule has 1 atom stereocenters. The van der Waals surface area contributed by atoms with Crippen LogP contribution in [0.5, 0.6) is 0 Å². The fourth-order valence-corrected chi connectivity index (χ4v) is 2.87. The maximum atomic E-state index is 14.0. The predicted molar refractivity (Wildman–Crippen MR) is 97.8 cm³/mol. The number of hydrogen-bond donors (Lipinski definition) is 1. The van der Waals surface area contributed by atoms with Crippen molar-refractivity contribution in [3.63, 3.8) is 0 Å². The minimum Gasteiger partial charge on any atom is -0.309 e. The molecule has 5 heteroatoms. The molecule has 130 valence electrons. The number of aromatic nitrogens is 2. The zero-order valence-electron chi connectivity index (χ0n) is 14.5. The summed E-state index contributed by atoms with van der Waals surface area (Å²) < 4.78 is 14.0. The van der Waals surface area contributed by atoms with Gasteiger partial charge in [-0.1, -0.05) is 37.3 Å². The van der Waals surface area contributed by atoms with Crippen LogP contribution < -0.4 is 5.56 Å². The quantitative estimate of drug-likeness (QED) is 0.742. The topological polar surface area (TPSA) is 49.0 Å². The molecular weight excluding hydrogens is 317 g/mol. The van der Waals surface area contributed by atoms with Crippen LogP contribution >= 0.6 is 0 Å². The van der Waals surface area contributed by atoms with E-state index in [1.165, 1.54) is 6.07 Å². The van der Waals surface area contributed by atoms with Gasteiger partial charge in [-0.05, 0) is 31.5 Å². The highest BCUT2D eigenvalue weighted by Gasteiger charge is 2.17. The molecule has 0 amide bonds. The van der Waals surface area contributed by atoms with E-state index in [2.05, 4.69) is 28.7 Å². The molecule has 0 saturated heterocycles. The van der Waals surface area contributed by atoms with E-state index in [0.717, 1.165) is 6.42 Å². The van der Waals surface area contributed by atoms with Crippen molar-refractivity contribution in [2.24, 2.45) is 0 Å². The molecule has 1 unspecified atom stereocenters. The standard InChI is InChI=1S/C20H22FN3O/c1-3-14(2)24(12-15-8-4-6-10-17(15)21)13-19-22-18-11-7-5-9-16(18)20(25)23-19/h4-11,14H,3,12-13H2,1-2H3,(H,22,23,25). The van der Waals surface area contributed by atoms with E-state index in [1.807, 2.05) is 24.3 Å². The maximum absolute atomic E-state index is 14.0. The second-order valence-corrected chi connectivity index (χ2v) is 6.28. The van der Waals surface area contributed by atoms with E-state index in [-0.39, 0.29) is 17.4 Å². The first-order valence-electron chi connectivity index (χ1n) is 8.54. The van der Waals surface area contributed by atoms with E-state index in [1.54, 1.807) is 18.2 Å². The Morgan fingerprint density at radius 2 is 1.84 bits per heavy atom. The van der Waals surface area contributed by atoms with E-state index < -0.39 is 0 Å². The average Bonchev–Trinajstić information content (AvgIpc) is 2.62. The van der Waals surface area contributed by atoms with Crippen LogP contribution in [-0.2, 0) is 13.1 Å². The largest absolute Gasteiger partial charge is 0.309 e. The third-order valence-corrected chi connectivity index (χ3v) is 4.56. The van der Waals surface area contributed by atoms with E-state index in [0.29, 0.717) is 35.4 Å². The number of benzene rings is 2. The zero-order valence-corrected chi connectivity index (χ0v) is 14.5. The van der Waals surface area contributed by atoms with E-state index in [9.17, 15) is 9.18 Å². The highest BCUT2D eigenvalue weighted by atomic mass is 19.1. The third kappa shape index (κ3) is 3.94. The summed E-state index contributed by atoms with van der Waals surface area (Å²) in [6, 6.07) is 14.3. The van der Waals surface area contributed by atoms with Gasteiger partial charge in [0.2, 0.25) is 0 Å². The molecule has 0 bridgehead atoms. The Hall–Kier alpha value is -2.53. The van der Waals surface area contributed by atoms with Crippen molar-refractivity contribution < 1.29 is 4.39 Å². The number of aromatic amines is 1. The lowest BCUT2D eigenvalue weighted by molar-refractivity contribution is 0.179. The fourth-order valence-electron chi connectivity index (χ4n) is 2.87. The van der Waals surface area contributed by atoms with Gasteiger partial charge >= 0.3 is 0 Å². The van der Waals surface area contributed by atoms with Crippen molar-refractivity contribution in [3.8, 4) is 0 Å². The number of fused-ring (bicyclic) bond motifs is 1. The van der Waals surface area contributed by atoms with Crippen LogP contribution in [0.2, 0.25) is 0 Å². The molecule has 4 nitrogen and oxygen atoms in total. The summed E-state index contributed by atoms with van der Waals surface area (Å²) in [5.74, 6) is 0.385. The van der Waals surface area contributed by atoms with Crippen LogP contribution in [0.15, 0.2) is 53.3 Å². The predicted octanol–water partition coefficient (Wildman–Crippen LogP) is 3.86. The van der Waals surface area contributed by atoms with Crippen molar-refractivity contribution in [1.82, 2.24) is 14.9 Å². The van der Waals surface area contributed by atoms with Crippen molar-refractivity contribution in [1.29, 1.82) is 0 Å². The summed E-state index contributed by atoms with van der Waals surface area (Å²) in [6.45, 7) is 5.12.